The van der Waals surface area contributed by atoms with Crippen LogP contribution in [0.3, 0.4) is 0 Å². The Labute approximate surface area is 147 Å². The number of aryl methyl sites for hydroxylation is 1. The van der Waals surface area contributed by atoms with Crippen LogP contribution < -0.4 is 10.1 Å². The van der Waals surface area contributed by atoms with Crippen molar-refractivity contribution in [2.75, 3.05) is 26.7 Å². The minimum Gasteiger partial charge on any atom is -0.494 e. The van der Waals surface area contributed by atoms with Crippen LogP contribution in [0.25, 0.3) is 11.4 Å². The Morgan fingerprint density at radius 2 is 2.20 bits per heavy atom. The first-order valence-corrected chi connectivity index (χ1v) is 8.69. The van der Waals surface area contributed by atoms with Crippen LogP contribution in [0.4, 0.5) is 0 Å². The number of ether oxygens (including phenoxy) is 1. The molecule has 1 N–H and O–H groups in total. The molecule has 7 nitrogen and oxygen atoms in total. The molecule has 0 spiro atoms. The van der Waals surface area contributed by atoms with Crippen LogP contribution in [-0.2, 0) is 11.2 Å². The summed E-state index contributed by atoms with van der Waals surface area (Å²) >= 11 is 0. The monoisotopic (exact) mass is 344 g/mol. The van der Waals surface area contributed by atoms with Crippen LogP contribution >= 0.6 is 0 Å². The lowest BCUT2D eigenvalue weighted by Crippen LogP contribution is -2.38. The van der Waals surface area contributed by atoms with Gasteiger partial charge in [0.1, 0.15) is 5.75 Å². The molecule has 1 fully saturated rings. The molecule has 1 saturated heterocycles. The summed E-state index contributed by atoms with van der Waals surface area (Å²) in [6.45, 7) is 4.41. The summed E-state index contributed by atoms with van der Waals surface area (Å²) in [6, 6.07) is 7.83. The average Bonchev–Trinajstić information content (AvgIpc) is 3.32. The molecule has 2 aromatic rings. The molecule has 0 saturated carbocycles. The highest BCUT2D eigenvalue weighted by Crippen LogP contribution is 2.20. The number of carbonyl (C=O) groups is 1. The summed E-state index contributed by atoms with van der Waals surface area (Å²) in [5, 5.41) is 7.27. The maximum Gasteiger partial charge on any atom is 0.227 e. The largest absolute Gasteiger partial charge is 0.494 e. The van der Waals surface area contributed by atoms with Crippen molar-refractivity contribution in [3.8, 4) is 17.1 Å². The van der Waals surface area contributed by atoms with Gasteiger partial charge in [0.2, 0.25) is 17.6 Å². The second-order valence-electron chi connectivity index (χ2n) is 6.12. The van der Waals surface area contributed by atoms with Gasteiger partial charge in [-0.3, -0.25) is 4.79 Å². The molecule has 1 aliphatic rings. The zero-order valence-corrected chi connectivity index (χ0v) is 14.7. The van der Waals surface area contributed by atoms with Gasteiger partial charge in [0.05, 0.1) is 6.61 Å². The van der Waals surface area contributed by atoms with Gasteiger partial charge in [-0.25, -0.2) is 0 Å². The highest BCUT2D eigenvalue weighted by Gasteiger charge is 2.23. The Bertz CT molecular complexity index is 693. The zero-order valence-electron chi connectivity index (χ0n) is 14.7. The zero-order chi connectivity index (χ0) is 17.6. The molecule has 0 aliphatic carbocycles. The fourth-order valence-electron chi connectivity index (χ4n) is 2.90. The number of nitrogens with zero attached hydrogens (tertiary/aromatic N) is 3. The van der Waals surface area contributed by atoms with Gasteiger partial charge in [0.25, 0.3) is 0 Å². The third kappa shape index (κ3) is 4.36. The molecule has 1 aromatic heterocycles. The molecule has 0 bridgehead atoms. The summed E-state index contributed by atoms with van der Waals surface area (Å²) < 4.78 is 10.7. The van der Waals surface area contributed by atoms with E-state index in [0.717, 1.165) is 30.8 Å². The lowest BCUT2D eigenvalue weighted by molar-refractivity contribution is -0.131. The fourth-order valence-corrected chi connectivity index (χ4v) is 2.90. The van der Waals surface area contributed by atoms with Crippen molar-refractivity contribution < 1.29 is 14.1 Å². The molecule has 134 valence electrons. The third-order valence-corrected chi connectivity index (χ3v) is 4.42. The number of hydrogen-bond donors (Lipinski definition) is 1. The van der Waals surface area contributed by atoms with E-state index in [1.807, 2.05) is 43.1 Å². The maximum atomic E-state index is 12.3. The molecule has 1 amide bonds. The Hall–Kier alpha value is -2.41. The number of rotatable bonds is 7. The predicted molar refractivity (Wildman–Crippen MR) is 93.3 cm³/mol. The van der Waals surface area contributed by atoms with Gasteiger partial charge in [-0.2, -0.15) is 4.98 Å². The van der Waals surface area contributed by atoms with Crippen LogP contribution in [0.1, 0.15) is 25.7 Å². The van der Waals surface area contributed by atoms with E-state index < -0.39 is 0 Å². The quantitative estimate of drug-likeness (QED) is 0.826. The van der Waals surface area contributed by atoms with Crippen molar-refractivity contribution in [3.63, 3.8) is 0 Å². The number of carbonyl (C=O) groups excluding carboxylic acids is 1. The van der Waals surface area contributed by atoms with Crippen molar-refractivity contribution in [1.82, 2.24) is 20.4 Å². The van der Waals surface area contributed by atoms with Gasteiger partial charge < -0.3 is 19.5 Å². The first kappa shape index (κ1) is 17.4. The highest BCUT2D eigenvalue weighted by molar-refractivity contribution is 5.76. The highest BCUT2D eigenvalue weighted by atomic mass is 16.5. The van der Waals surface area contributed by atoms with E-state index in [0.29, 0.717) is 31.2 Å². The molecule has 25 heavy (non-hydrogen) atoms. The first-order chi connectivity index (χ1) is 12.2. The minimum atomic E-state index is 0.106. The number of likely N-dealkylation sites (N-methyl/N-ethyl adjacent to an activating group) is 1. The molecule has 0 radical (unpaired) electrons. The van der Waals surface area contributed by atoms with E-state index in [9.17, 15) is 4.79 Å². The van der Waals surface area contributed by atoms with Gasteiger partial charge in [-0.15, -0.1) is 0 Å². The van der Waals surface area contributed by atoms with E-state index in [2.05, 4.69) is 15.5 Å². The lowest BCUT2D eigenvalue weighted by atomic mass is 10.2. The predicted octanol–water partition coefficient (Wildman–Crippen LogP) is 1.89. The van der Waals surface area contributed by atoms with Crippen molar-refractivity contribution >= 4 is 5.91 Å². The Balaban J connectivity index is 1.55. The Morgan fingerprint density at radius 3 is 2.88 bits per heavy atom. The number of nitrogens with one attached hydrogen (secondary N) is 1. The van der Waals surface area contributed by atoms with E-state index in [-0.39, 0.29) is 11.9 Å². The maximum absolute atomic E-state index is 12.3. The number of hydrogen-bond acceptors (Lipinski definition) is 6. The smallest absolute Gasteiger partial charge is 0.227 e. The van der Waals surface area contributed by atoms with Crippen LogP contribution in [0, 0.1) is 0 Å². The second kappa shape index (κ2) is 8.11. The van der Waals surface area contributed by atoms with Gasteiger partial charge in [0.15, 0.2) is 0 Å². The molecule has 7 heteroatoms. The third-order valence-electron chi connectivity index (χ3n) is 4.42. The minimum absolute atomic E-state index is 0.106. The summed E-state index contributed by atoms with van der Waals surface area (Å²) in [5.41, 5.74) is 0.860. The van der Waals surface area contributed by atoms with Crippen LogP contribution in [-0.4, -0.2) is 53.7 Å². The average molecular weight is 344 g/mol. The Morgan fingerprint density at radius 1 is 1.40 bits per heavy atom. The number of amides is 1. The van der Waals surface area contributed by atoms with Gasteiger partial charge in [-0.05, 0) is 44.2 Å². The van der Waals surface area contributed by atoms with Crippen molar-refractivity contribution in [2.24, 2.45) is 0 Å². The molecule has 1 aliphatic heterocycles. The van der Waals surface area contributed by atoms with E-state index in [1.54, 1.807) is 0 Å². The van der Waals surface area contributed by atoms with Gasteiger partial charge in [0, 0.05) is 38.0 Å². The van der Waals surface area contributed by atoms with Crippen molar-refractivity contribution in [2.45, 2.75) is 32.2 Å². The SMILES string of the molecule is CCOc1ccc(-c2noc(CCC(=O)N(C)C3CCNC3)n2)cc1. The molecule has 1 unspecified atom stereocenters. The summed E-state index contributed by atoms with van der Waals surface area (Å²) in [4.78, 5) is 18.5. The van der Waals surface area contributed by atoms with Crippen LogP contribution in [0.2, 0.25) is 0 Å². The normalized spacial score (nSPS) is 16.8. The van der Waals surface area contributed by atoms with Gasteiger partial charge >= 0.3 is 0 Å². The lowest BCUT2D eigenvalue weighted by Gasteiger charge is -2.23. The molecular weight excluding hydrogens is 320 g/mol. The van der Waals surface area contributed by atoms with Crippen molar-refractivity contribution in [3.05, 3.63) is 30.2 Å². The topological polar surface area (TPSA) is 80.5 Å². The molecule has 3 rings (SSSR count). The first-order valence-electron chi connectivity index (χ1n) is 8.69. The van der Waals surface area contributed by atoms with Gasteiger partial charge in [-0.1, -0.05) is 5.16 Å². The summed E-state index contributed by atoms with van der Waals surface area (Å²) in [7, 11) is 1.86. The van der Waals surface area contributed by atoms with Crippen LogP contribution in [0.5, 0.6) is 5.75 Å². The molecule has 2 heterocycles. The van der Waals surface area contributed by atoms with Crippen LogP contribution in [0.15, 0.2) is 28.8 Å². The van der Waals surface area contributed by atoms with E-state index in [1.165, 1.54) is 0 Å². The summed E-state index contributed by atoms with van der Waals surface area (Å²) in [5.74, 6) is 1.92. The number of benzene rings is 1. The van der Waals surface area contributed by atoms with E-state index in [4.69, 9.17) is 9.26 Å². The molecular formula is C18H24N4O3. The second-order valence-corrected chi connectivity index (χ2v) is 6.12. The fraction of sp³-hybridized carbons (Fsp3) is 0.500. The summed E-state index contributed by atoms with van der Waals surface area (Å²) in [6.07, 6.45) is 1.83. The molecule has 1 atom stereocenters. The standard InChI is InChI=1S/C18H24N4O3/c1-3-24-15-6-4-13(5-7-15)18-20-16(25-21-18)8-9-17(23)22(2)14-10-11-19-12-14/h4-7,14,19H,3,8-12H2,1-2H3. The molecule has 1 aromatic carbocycles. The van der Waals surface area contributed by atoms with Crippen molar-refractivity contribution in [1.29, 1.82) is 0 Å². The Kier molecular flexibility index (Phi) is 5.65. The van der Waals surface area contributed by atoms with E-state index >= 15 is 0 Å². The number of aromatic nitrogens is 2.